The molecule has 42 valence electrons. The predicted molar refractivity (Wildman–Crippen MR) is 34.9 cm³/mol. The zero-order chi connectivity index (χ0) is 4.69. The Kier molecular flexibility index (Phi) is 0.989. The van der Waals surface area contributed by atoms with E-state index in [1.165, 1.54) is 8.86 Å². The zero-order valence-electron chi connectivity index (χ0n) is 3.78. The second kappa shape index (κ2) is 1.54. The SMILES string of the molecule is C1C2CI1NNO2. The normalized spacial score (nSPS) is 35.1. The zero-order valence-corrected chi connectivity index (χ0v) is 5.94. The molecule has 0 aromatic rings. The molecule has 3 aliphatic rings. The molecule has 4 heteroatoms. The summed E-state index contributed by atoms with van der Waals surface area (Å²) in [5.74, 6) is 0. The third-order valence-corrected chi connectivity index (χ3v) is 6.19. The van der Waals surface area contributed by atoms with Crippen LogP contribution in [0.25, 0.3) is 0 Å². The molecule has 0 unspecified atom stereocenters. The Hall–Kier alpha value is 0.610. The average molecular weight is 214 g/mol. The van der Waals surface area contributed by atoms with E-state index in [0.717, 1.165) is 0 Å². The van der Waals surface area contributed by atoms with Crippen LogP contribution in [0, 0.1) is 0 Å². The Morgan fingerprint density at radius 1 is 1.57 bits per heavy atom. The number of hydrogen-bond acceptors (Lipinski definition) is 3. The number of rotatable bonds is 0. The van der Waals surface area contributed by atoms with Crippen molar-refractivity contribution >= 4 is 20.1 Å². The quantitative estimate of drug-likeness (QED) is 0.333. The fourth-order valence-electron chi connectivity index (χ4n) is 0.671. The summed E-state index contributed by atoms with van der Waals surface area (Å²) in [6.07, 6.45) is 0.575. The summed E-state index contributed by atoms with van der Waals surface area (Å²) in [6.45, 7) is 0. The Labute approximate surface area is 49.5 Å². The van der Waals surface area contributed by atoms with Gasteiger partial charge in [-0.2, -0.15) is 0 Å². The van der Waals surface area contributed by atoms with Crippen LogP contribution in [0.3, 0.4) is 0 Å². The summed E-state index contributed by atoms with van der Waals surface area (Å²) in [5, 5.41) is 0. The summed E-state index contributed by atoms with van der Waals surface area (Å²) in [4.78, 5) is 5.02. The average Bonchev–Trinajstić information content (AvgIpc) is 1.67. The van der Waals surface area contributed by atoms with Crippen LogP contribution >= 0.6 is 20.1 Å². The molecule has 0 aromatic carbocycles. The first-order chi connectivity index (χ1) is 3.45. The van der Waals surface area contributed by atoms with Gasteiger partial charge in [-0.15, -0.1) is 0 Å². The van der Waals surface area contributed by atoms with Crippen molar-refractivity contribution in [1.82, 2.24) is 9.23 Å². The van der Waals surface area contributed by atoms with E-state index in [4.69, 9.17) is 4.84 Å². The Balaban J connectivity index is 1.99. The predicted octanol–water partition coefficient (Wildman–Crippen LogP) is -0.171. The van der Waals surface area contributed by atoms with Gasteiger partial charge in [-0.05, 0) is 0 Å². The van der Waals surface area contributed by atoms with Crippen LogP contribution < -0.4 is 9.23 Å². The van der Waals surface area contributed by atoms with E-state index >= 15 is 0 Å². The van der Waals surface area contributed by atoms with Gasteiger partial charge in [0.05, 0.1) is 0 Å². The number of fused-ring (bicyclic) bond motifs is 2. The van der Waals surface area contributed by atoms with Crippen LogP contribution in [-0.4, -0.2) is 15.0 Å². The molecule has 0 aromatic heterocycles. The van der Waals surface area contributed by atoms with Gasteiger partial charge < -0.3 is 0 Å². The number of alkyl halides is 2. The molecular weight excluding hydrogens is 207 g/mol. The molecule has 3 saturated heterocycles. The first-order valence-corrected chi connectivity index (χ1v) is 6.36. The molecule has 3 rings (SSSR count). The Bertz CT molecular complexity index is 69.5. The standard InChI is InChI=1S/C3H7IN2O/c1-3-2-4(1)5-6-7-3/h3,5-6H,1-2H2. The van der Waals surface area contributed by atoms with Gasteiger partial charge in [0, 0.05) is 0 Å². The molecule has 3 heterocycles. The molecule has 0 aliphatic carbocycles. The fourth-order valence-corrected chi connectivity index (χ4v) is 4.02. The van der Waals surface area contributed by atoms with E-state index in [0.29, 0.717) is 6.10 Å². The van der Waals surface area contributed by atoms with Crippen LogP contribution in [-0.2, 0) is 4.84 Å². The van der Waals surface area contributed by atoms with E-state index in [1.54, 1.807) is 0 Å². The van der Waals surface area contributed by atoms with Crippen molar-refractivity contribution in [2.24, 2.45) is 0 Å². The molecule has 3 fully saturated rings. The number of hydrogen-bond donors (Lipinski definition) is 2. The maximum absolute atomic E-state index is 5.02. The van der Waals surface area contributed by atoms with Crippen molar-refractivity contribution in [3.63, 3.8) is 0 Å². The molecule has 0 atom stereocenters. The molecule has 3 nitrogen and oxygen atoms in total. The number of halogens is 1. The summed E-state index contributed by atoms with van der Waals surface area (Å²) in [5.41, 5.74) is 2.70. The van der Waals surface area contributed by atoms with Crippen LogP contribution in [0.2, 0.25) is 0 Å². The number of hydrazine groups is 1. The molecule has 0 saturated carbocycles. The Morgan fingerprint density at radius 2 is 2.43 bits per heavy atom. The van der Waals surface area contributed by atoms with Gasteiger partial charge in [-0.25, -0.2) is 0 Å². The molecule has 7 heavy (non-hydrogen) atoms. The fraction of sp³-hybridized carbons (Fsp3) is 1.00. The summed E-state index contributed by atoms with van der Waals surface area (Å²) in [7, 11) is 0. The summed E-state index contributed by atoms with van der Waals surface area (Å²) >= 11 is -0.582. The Morgan fingerprint density at radius 3 is 2.57 bits per heavy atom. The molecule has 2 bridgehead atoms. The maximum atomic E-state index is 5.02. The van der Waals surface area contributed by atoms with Gasteiger partial charge in [0.2, 0.25) is 0 Å². The van der Waals surface area contributed by atoms with E-state index in [9.17, 15) is 0 Å². The molecule has 0 radical (unpaired) electrons. The van der Waals surface area contributed by atoms with Gasteiger partial charge in [-0.3, -0.25) is 0 Å². The van der Waals surface area contributed by atoms with Gasteiger partial charge in [0.15, 0.2) is 0 Å². The topological polar surface area (TPSA) is 33.3 Å². The van der Waals surface area contributed by atoms with E-state index < -0.39 is 20.1 Å². The minimum absolute atomic E-state index is 0.575. The molecule has 2 N–H and O–H groups in total. The molecular formula is C3H7IN2O. The monoisotopic (exact) mass is 214 g/mol. The van der Waals surface area contributed by atoms with Gasteiger partial charge >= 0.3 is 49.1 Å². The second-order valence-electron chi connectivity index (χ2n) is 1.70. The third kappa shape index (κ3) is 0.658. The molecule has 0 spiro atoms. The van der Waals surface area contributed by atoms with Crippen LogP contribution in [0.5, 0.6) is 0 Å². The third-order valence-electron chi connectivity index (χ3n) is 1.11. The van der Waals surface area contributed by atoms with Crippen molar-refractivity contribution in [3.05, 3.63) is 0 Å². The van der Waals surface area contributed by atoms with Gasteiger partial charge in [0.1, 0.15) is 0 Å². The van der Waals surface area contributed by atoms with E-state index in [1.807, 2.05) is 0 Å². The van der Waals surface area contributed by atoms with E-state index in [2.05, 4.69) is 9.23 Å². The molecule has 3 aliphatic heterocycles. The van der Waals surface area contributed by atoms with Crippen molar-refractivity contribution < 1.29 is 4.84 Å². The van der Waals surface area contributed by atoms with Gasteiger partial charge in [0.25, 0.3) is 0 Å². The number of nitrogens with one attached hydrogen (secondary N) is 2. The first kappa shape index (κ1) is 4.49. The second-order valence-corrected chi connectivity index (χ2v) is 6.61. The van der Waals surface area contributed by atoms with Crippen molar-refractivity contribution in [2.45, 2.75) is 6.10 Å². The van der Waals surface area contributed by atoms with Crippen LogP contribution in [0.4, 0.5) is 0 Å². The first-order valence-electron chi connectivity index (χ1n) is 2.23. The van der Waals surface area contributed by atoms with Gasteiger partial charge in [-0.1, -0.05) is 0 Å². The van der Waals surface area contributed by atoms with Crippen molar-refractivity contribution in [3.8, 4) is 0 Å². The summed E-state index contributed by atoms with van der Waals surface area (Å²) in [6, 6.07) is 0. The van der Waals surface area contributed by atoms with Crippen LogP contribution in [0.15, 0.2) is 0 Å². The van der Waals surface area contributed by atoms with Crippen molar-refractivity contribution in [1.29, 1.82) is 0 Å². The van der Waals surface area contributed by atoms with E-state index in [-0.39, 0.29) is 0 Å². The van der Waals surface area contributed by atoms with Crippen LogP contribution in [0.1, 0.15) is 0 Å². The minimum atomic E-state index is -0.582. The molecule has 0 amide bonds. The van der Waals surface area contributed by atoms with Crippen molar-refractivity contribution in [2.75, 3.05) is 8.86 Å². The summed E-state index contributed by atoms with van der Waals surface area (Å²) < 4.78 is 5.82.